The maximum absolute atomic E-state index is 12.6. The van der Waals surface area contributed by atoms with E-state index in [1.165, 1.54) is 15.3 Å². The van der Waals surface area contributed by atoms with E-state index in [0.717, 1.165) is 37.0 Å². The van der Waals surface area contributed by atoms with Crippen molar-refractivity contribution in [3.05, 3.63) is 48.3 Å². The summed E-state index contributed by atoms with van der Waals surface area (Å²) in [5.74, 6) is 1.36. The highest BCUT2D eigenvalue weighted by Gasteiger charge is 2.34. The molecule has 1 aliphatic heterocycles. The Morgan fingerprint density at radius 3 is 2.68 bits per heavy atom. The molecule has 2 aliphatic rings. The van der Waals surface area contributed by atoms with Crippen LogP contribution in [0.15, 0.2) is 42.7 Å². The predicted octanol–water partition coefficient (Wildman–Crippen LogP) is 2.70. The molecule has 0 radical (unpaired) electrons. The summed E-state index contributed by atoms with van der Waals surface area (Å²) in [6.45, 7) is 1.89. The van der Waals surface area contributed by atoms with Crippen molar-refractivity contribution in [2.24, 2.45) is 13.0 Å². The molecule has 1 saturated heterocycles. The van der Waals surface area contributed by atoms with Crippen molar-refractivity contribution in [2.75, 3.05) is 38.7 Å². The normalized spacial score (nSPS) is 25.1. The fraction of sp³-hybridized carbons (Fsp3) is 0.577. The monoisotopic (exact) mass is 527 g/mol. The van der Waals surface area contributed by atoms with Crippen LogP contribution in [-0.4, -0.2) is 78.6 Å². The summed E-state index contributed by atoms with van der Waals surface area (Å²) in [6.07, 6.45) is 8.65. The summed E-state index contributed by atoms with van der Waals surface area (Å²) in [5.41, 5.74) is 2.53. The summed E-state index contributed by atoms with van der Waals surface area (Å²) < 4.78 is 37.7. The molecule has 2 atom stereocenters. The smallest absolute Gasteiger partial charge is 0.279 e. The van der Waals surface area contributed by atoms with Crippen molar-refractivity contribution in [3.8, 4) is 0 Å². The summed E-state index contributed by atoms with van der Waals surface area (Å²) in [5, 5.41) is 13.8. The molecule has 3 aromatic rings. The van der Waals surface area contributed by atoms with Crippen molar-refractivity contribution in [1.82, 2.24) is 29.0 Å². The Balaban J connectivity index is 1.20. The van der Waals surface area contributed by atoms with Gasteiger partial charge in [-0.1, -0.05) is 6.07 Å². The number of hydrogen-bond acceptors (Lipinski definition) is 7. The zero-order chi connectivity index (χ0) is 26.0. The number of nitrogens with one attached hydrogen (secondary N) is 1. The Morgan fingerprint density at radius 2 is 1.95 bits per heavy atom. The van der Waals surface area contributed by atoms with E-state index in [2.05, 4.69) is 43.1 Å². The van der Waals surface area contributed by atoms with Crippen LogP contribution in [0.3, 0.4) is 0 Å². The lowest BCUT2D eigenvalue weighted by Gasteiger charge is -2.40. The van der Waals surface area contributed by atoms with Crippen molar-refractivity contribution in [2.45, 2.75) is 50.2 Å². The molecule has 0 amide bonds. The second-order valence-electron chi connectivity index (χ2n) is 10.5. The van der Waals surface area contributed by atoms with Gasteiger partial charge in [-0.2, -0.15) is 27.6 Å². The van der Waals surface area contributed by atoms with Gasteiger partial charge in [-0.25, -0.2) is 0 Å². The molecule has 1 N–H and O–H groups in total. The Bertz CT molecular complexity index is 1290. The largest absolute Gasteiger partial charge is 0.378 e. The van der Waals surface area contributed by atoms with Gasteiger partial charge in [0.15, 0.2) is 5.82 Å². The molecule has 1 aliphatic carbocycles. The van der Waals surface area contributed by atoms with E-state index in [0.29, 0.717) is 32.0 Å². The quantitative estimate of drug-likeness (QED) is 0.480. The van der Waals surface area contributed by atoms with E-state index < -0.39 is 10.2 Å². The second-order valence-corrected chi connectivity index (χ2v) is 12.4. The summed E-state index contributed by atoms with van der Waals surface area (Å²) in [6, 6.07) is 10.3. The molecular weight excluding hydrogens is 490 g/mol. The zero-order valence-corrected chi connectivity index (χ0v) is 22.6. The molecule has 11 heteroatoms. The number of hydrogen-bond donors (Lipinski definition) is 1. The molecule has 3 heterocycles. The fourth-order valence-corrected chi connectivity index (χ4v) is 6.49. The highest BCUT2D eigenvalue weighted by molar-refractivity contribution is 7.87. The van der Waals surface area contributed by atoms with Gasteiger partial charge in [-0.05, 0) is 67.9 Å². The molecule has 0 spiro atoms. The number of anilines is 1. The van der Waals surface area contributed by atoms with E-state index in [1.54, 1.807) is 20.3 Å². The molecule has 2 fully saturated rings. The highest BCUT2D eigenvalue weighted by atomic mass is 32.2. The first-order valence-corrected chi connectivity index (χ1v) is 14.5. The van der Waals surface area contributed by atoms with Crippen LogP contribution in [-0.2, 0) is 22.0 Å². The zero-order valence-electron chi connectivity index (χ0n) is 21.8. The Kier molecular flexibility index (Phi) is 7.75. The van der Waals surface area contributed by atoms with Gasteiger partial charge in [0.05, 0.1) is 24.4 Å². The standard InChI is InChI=1S/C26H37N7O3S/c1-31(2)37(34,35)30-24-12-14-33(26-5-4-13-27-29-26)17-22(24)18-36-23-9-6-19(7-10-23)20-8-11-25-21(15-20)16-28-32(25)3/h4-5,8,11,13,15-16,19,22-24,30H,6-7,9-10,12,14,17-18H2,1-3H3/t19?,22-,23?,24-/m0/s1. The lowest BCUT2D eigenvalue weighted by atomic mass is 9.82. The topological polar surface area (TPSA) is 105 Å². The van der Waals surface area contributed by atoms with Gasteiger partial charge in [0.25, 0.3) is 10.2 Å². The van der Waals surface area contributed by atoms with Crippen LogP contribution >= 0.6 is 0 Å². The van der Waals surface area contributed by atoms with Gasteiger partial charge < -0.3 is 9.64 Å². The van der Waals surface area contributed by atoms with Crippen molar-refractivity contribution >= 4 is 26.9 Å². The maximum atomic E-state index is 12.6. The van der Waals surface area contributed by atoms with Crippen LogP contribution in [0.1, 0.15) is 43.6 Å². The molecule has 200 valence electrons. The number of benzene rings is 1. The Hall–Kier alpha value is -2.60. The molecule has 10 nitrogen and oxygen atoms in total. The van der Waals surface area contributed by atoms with Crippen molar-refractivity contribution in [3.63, 3.8) is 0 Å². The number of fused-ring (bicyclic) bond motifs is 1. The molecule has 1 aromatic carbocycles. The van der Waals surface area contributed by atoms with Crippen molar-refractivity contribution < 1.29 is 13.2 Å². The first-order valence-electron chi connectivity index (χ1n) is 13.1. The third-order valence-corrected chi connectivity index (χ3v) is 9.42. The lowest BCUT2D eigenvalue weighted by Crippen LogP contribution is -2.54. The van der Waals surface area contributed by atoms with Crippen LogP contribution in [0.25, 0.3) is 10.9 Å². The van der Waals surface area contributed by atoms with E-state index in [9.17, 15) is 8.42 Å². The van der Waals surface area contributed by atoms with Gasteiger partial charge in [-0.3, -0.25) is 4.68 Å². The minimum absolute atomic E-state index is 0.0104. The number of nitrogens with zero attached hydrogens (tertiary/aromatic N) is 6. The van der Waals surface area contributed by atoms with Gasteiger partial charge in [0.1, 0.15) is 0 Å². The average molecular weight is 528 g/mol. The average Bonchev–Trinajstić information content (AvgIpc) is 3.28. The van der Waals surface area contributed by atoms with Crippen LogP contribution < -0.4 is 9.62 Å². The minimum Gasteiger partial charge on any atom is -0.378 e. The Labute approximate surface area is 219 Å². The second kappa shape index (κ2) is 11.0. The fourth-order valence-electron chi connectivity index (χ4n) is 5.58. The third kappa shape index (κ3) is 5.95. The van der Waals surface area contributed by atoms with Crippen LogP contribution in [0.2, 0.25) is 0 Å². The SMILES string of the molecule is CN(C)S(=O)(=O)N[C@H]1CCN(c2cccnn2)C[C@H]1COC1CCC(c2ccc3c(cnn3C)c2)CC1. The first kappa shape index (κ1) is 26.0. The number of rotatable bonds is 8. The Morgan fingerprint density at radius 1 is 1.14 bits per heavy atom. The van der Waals surface area contributed by atoms with Gasteiger partial charge in [-0.15, -0.1) is 5.10 Å². The number of aromatic nitrogens is 4. The lowest BCUT2D eigenvalue weighted by molar-refractivity contribution is -0.00223. The summed E-state index contributed by atoms with van der Waals surface area (Å²) in [4.78, 5) is 2.17. The number of piperidine rings is 1. The minimum atomic E-state index is -3.53. The molecule has 2 aromatic heterocycles. The molecule has 1 saturated carbocycles. The third-order valence-electron chi connectivity index (χ3n) is 7.86. The van der Waals surface area contributed by atoms with Gasteiger partial charge in [0, 0.05) is 57.8 Å². The van der Waals surface area contributed by atoms with Crippen LogP contribution in [0.4, 0.5) is 5.82 Å². The van der Waals surface area contributed by atoms with E-state index in [-0.39, 0.29) is 18.1 Å². The summed E-state index contributed by atoms with van der Waals surface area (Å²) >= 11 is 0. The van der Waals surface area contributed by atoms with Crippen LogP contribution in [0.5, 0.6) is 0 Å². The first-order chi connectivity index (χ1) is 17.8. The molecule has 37 heavy (non-hydrogen) atoms. The molecule has 0 unspecified atom stereocenters. The predicted molar refractivity (Wildman–Crippen MR) is 144 cm³/mol. The van der Waals surface area contributed by atoms with E-state index in [4.69, 9.17) is 4.74 Å². The number of ether oxygens (including phenoxy) is 1. The van der Waals surface area contributed by atoms with E-state index in [1.807, 2.05) is 30.1 Å². The highest BCUT2D eigenvalue weighted by Crippen LogP contribution is 2.35. The maximum Gasteiger partial charge on any atom is 0.279 e. The van der Waals surface area contributed by atoms with Crippen molar-refractivity contribution in [1.29, 1.82) is 0 Å². The molecule has 0 bridgehead atoms. The summed E-state index contributed by atoms with van der Waals surface area (Å²) in [7, 11) is 1.54. The van der Waals surface area contributed by atoms with E-state index >= 15 is 0 Å². The van der Waals surface area contributed by atoms with Gasteiger partial charge >= 0.3 is 0 Å². The van der Waals surface area contributed by atoms with Gasteiger partial charge in [0.2, 0.25) is 0 Å². The van der Waals surface area contributed by atoms with Crippen LogP contribution in [0, 0.1) is 5.92 Å². The molecule has 5 rings (SSSR count). The number of aryl methyl sites for hydroxylation is 1. The molecular formula is C26H37N7O3S.